The van der Waals surface area contributed by atoms with E-state index < -0.39 is 9.84 Å². The zero-order valence-corrected chi connectivity index (χ0v) is 12.7. The molecule has 94 valence electrons. The second-order valence-electron chi connectivity index (χ2n) is 5.82. The molecule has 0 fully saturated rings. The molecule has 2 nitrogen and oxygen atoms in total. The van der Waals surface area contributed by atoms with Crippen LogP contribution in [0.1, 0.15) is 37.8 Å². The van der Waals surface area contributed by atoms with Crippen molar-refractivity contribution in [3.05, 3.63) is 33.8 Å². The monoisotopic (exact) mass is 316 g/mol. The maximum Gasteiger partial charge on any atom is 0.155 e. The predicted octanol–water partition coefficient (Wildman–Crippen LogP) is 3.51. The smallest absolute Gasteiger partial charge is 0.155 e. The first-order chi connectivity index (χ1) is 7.69. The molecular formula is C13H17BrO2S. The van der Waals surface area contributed by atoms with Crippen LogP contribution in [0.5, 0.6) is 0 Å². The fourth-order valence-corrected chi connectivity index (χ4v) is 4.80. The Bertz CT molecular complexity index is 541. The molecule has 2 rings (SSSR count). The van der Waals surface area contributed by atoms with E-state index in [0.29, 0.717) is 0 Å². The fourth-order valence-electron chi connectivity index (χ4n) is 2.38. The summed E-state index contributed by atoms with van der Waals surface area (Å²) in [5.74, 6) is 0.524. The van der Waals surface area contributed by atoms with Crippen molar-refractivity contribution in [2.24, 2.45) is 5.41 Å². The summed E-state index contributed by atoms with van der Waals surface area (Å²) in [5.41, 5.74) is 2.10. The minimum Gasteiger partial charge on any atom is -0.228 e. The molecule has 0 aliphatic carbocycles. The van der Waals surface area contributed by atoms with Gasteiger partial charge in [-0.2, -0.15) is 0 Å². The highest BCUT2D eigenvalue weighted by atomic mass is 79.9. The number of hydrogen-bond acceptors (Lipinski definition) is 2. The highest BCUT2D eigenvalue weighted by Crippen LogP contribution is 2.42. The standard InChI is InChI=1S/C13H17BrO2S/c1-13(2,3)12-8-17(15,16)7-9-4-5-10(14)6-11(9)12/h4-6,12H,7-8H2,1-3H3. The van der Waals surface area contributed by atoms with E-state index in [2.05, 4.69) is 42.8 Å². The highest BCUT2D eigenvalue weighted by molar-refractivity contribution is 9.10. The van der Waals surface area contributed by atoms with Gasteiger partial charge in [-0.1, -0.05) is 42.8 Å². The molecule has 0 saturated carbocycles. The average Bonchev–Trinajstić information content (AvgIpc) is 2.15. The van der Waals surface area contributed by atoms with Crippen LogP contribution in [0.4, 0.5) is 0 Å². The first kappa shape index (κ1) is 13.1. The van der Waals surface area contributed by atoms with Crippen LogP contribution < -0.4 is 0 Å². The van der Waals surface area contributed by atoms with Gasteiger partial charge in [0.2, 0.25) is 0 Å². The summed E-state index contributed by atoms with van der Waals surface area (Å²) in [6.45, 7) is 6.30. The number of hydrogen-bond donors (Lipinski definition) is 0. The summed E-state index contributed by atoms with van der Waals surface area (Å²) in [7, 11) is -2.96. The van der Waals surface area contributed by atoms with Gasteiger partial charge in [-0.05, 0) is 28.7 Å². The third-order valence-corrected chi connectivity index (χ3v) is 5.41. The Morgan fingerprint density at radius 3 is 2.53 bits per heavy atom. The summed E-state index contributed by atoms with van der Waals surface area (Å²) in [6, 6.07) is 5.91. The van der Waals surface area contributed by atoms with Crippen molar-refractivity contribution >= 4 is 25.8 Å². The molecule has 0 aromatic heterocycles. The van der Waals surface area contributed by atoms with Gasteiger partial charge in [0.15, 0.2) is 9.84 Å². The van der Waals surface area contributed by atoms with E-state index in [1.54, 1.807) is 0 Å². The molecule has 1 aromatic rings. The van der Waals surface area contributed by atoms with Gasteiger partial charge in [0.25, 0.3) is 0 Å². The molecule has 0 N–H and O–H groups in total. The van der Waals surface area contributed by atoms with Gasteiger partial charge >= 0.3 is 0 Å². The third kappa shape index (κ3) is 2.74. The van der Waals surface area contributed by atoms with E-state index in [1.165, 1.54) is 5.56 Å². The van der Waals surface area contributed by atoms with Crippen LogP contribution in [0.2, 0.25) is 0 Å². The lowest BCUT2D eigenvalue weighted by Gasteiger charge is -2.35. The van der Waals surface area contributed by atoms with Gasteiger partial charge in [-0.3, -0.25) is 0 Å². The van der Waals surface area contributed by atoms with E-state index in [-0.39, 0.29) is 22.8 Å². The van der Waals surface area contributed by atoms with Crippen LogP contribution in [0.15, 0.2) is 22.7 Å². The average molecular weight is 317 g/mol. The van der Waals surface area contributed by atoms with Gasteiger partial charge in [-0.15, -0.1) is 0 Å². The highest BCUT2D eigenvalue weighted by Gasteiger charge is 2.36. The molecule has 4 heteroatoms. The van der Waals surface area contributed by atoms with Crippen LogP contribution in [0.3, 0.4) is 0 Å². The molecule has 1 atom stereocenters. The molecule has 0 radical (unpaired) electrons. The van der Waals surface area contributed by atoms with Gasteiger partial charge in [0.1, 0.15) is 0 Å². The van der Waals surface area contributed by atoms with Crippen molar-refractivity contribution in [2.75, 3.05) is 5.75 Å². The zero-order valence-electron chi connectivity index (χ0n) is 10.3. The Kier molecular flexibility index (Phi) is 3.15. The zero-order chi connectivity index (χ0) is 12.8. The Balaban J connectivity index is 2.60. The Hall–Kier alpha value is -0.350. The molecule has 1 aromatic carbocycles. The minimum absolute atomic E-state index is 0.0387. The normalized spacial score (nSPS) is 23.2. The van der Waals surface area contributed by atoms with Crippen LogP contribution in [0, 0.1) is 5.41 Å². The molecule has 1 heterocycles. The van der Waals surface area contributed by atoms with Crippen molar-refractivity contribution in [3.63, 3.8) is 0 Å². The molecule has 1 aliphatic heterocycles. The second kappa shape index (κ2) is 4.09. The van der Waals surface area contributed by atoms with E-state index in [4.69, 9.17) is 0 Å². The fraction of sp³-hybridized carbons (Fsp3) is 0.538. The number of sulfone groups is 1. The number of fused-ring (bicyclic) bond motifs is 1. The van der Waals surface area contributed by atoms with Crippen LogP contribution in [-0.2, 0) is 15.6 Å². The van der Waals surface area contributed by atoms with Crippen LogP contribution in [-0.4, -0.2) is 14.2 Å². The first-order valence-corrected chi connectivity index (χ1v) is 8.29. The Labute approximate surface area is 111 Å². The van der Waals surface area contributed by atoms with E-state index >= 15 is 0 Å². The summed E-state index contributed by atoms with van der Waals surface area (Å²) in [6.07, 6.45) is 0. The maximum absolute atomic E-state index is 11.9. The van der Waals surface area contributed by atoms with Crippen molar-refractivity contribution in [1.82, 2.24) is 0 Å². The molecular weight excluding hydrogens is 300 g/mol. The lowest BCUT2D eigenvalue weighted by Crippen LogP contribution is -2.32. The van der Waals surface area contributed by atoms with Gasteiger partial charge in [0, 0.05) is 10.4 Å². The molecule has 1 aliphatic rings. The molecule has 1 unspecified atom stereocenters. The first-order valence-electron chi connectivity index (χ1n) is 5.68. The van der Waals surface area contributed by atoms with Crippen molar-refractivity contribution in [2.45, 2.75) is 32.4 Å². The largest absolute Gasteiger partial charge is 0.228 e. The number of benzene rings is 1. The van der Waals surface area contributed by atoms with Gasteiger partial charge in [-0.25, -0.2) is 8.42 Å². The SMILES string of the molecule is CC(C)(C)C1CS(=O)(=O)Cc2ccc(Br)cc21. The topological polar surface area (TPSA) is 34.1 Å². The lowest BCUT2D eigenvalue weighted by atomic mass is 9.76. The Morgan fingerprint density at radius 2 is 1.94 bits per heavy atom. The van der Waals surface area contributed by atoms with Crippen LogP contribution in [0.25, 0.3) is 0 Å². The van der Waals surface area contributed by atoms with Crippen LogP contribution >= 0.6 is 15.9 Å². The predicted molar refractivity (Wildman–Crippen MR) is 73.8 cm³/mol. The van der Waals surface area contributed by atoms with Crippen molar-refractivity contribution < 1.29 is 8.42 Å². The molecule has 0 saturated heterocycles. The summed E-state index contributed by atoms with van der Waals surface area (Å²) in [5, 5.41) is 0. The molecule has 17 heavy (non-hydrogen) atoms. The summed E-state index contributed by atoms with van der Waals surface area (Å²) < 4.78 is 24.9. The lowest BCUT2D eigenvalue weighted by molar-refractivity contribution is 0.336. The molecule has 0 bridgehead atoms. The van der Waals surface area contributed by atoms with E-state index in [1.807, 2.05) is 12.1 Å². The third-order valence-electron chi connectivity index (χ3n) is 3.32. The summed E-state index contributed by atoms with van der Waals surface area (Å²) >= 11 is 3.46. The van der Waals surface area contributed by atoms with Crippen molar-refractivity contribution in [3.8, 4) is 0 Å². The van der Waals surface area contributed by atoms with Gasteiger partial charge < -0.3 is 0 Å². The van der Waals surface area contributed by atoms with E-state index in [0.717, 1.165) is 10.0 Å². The number of halogens is 1. The summed E-state index contributed by atoms with van der Waals surface area (Å²) in [4.78, 5) is 0. The van der Waals surface area contributed by atoms with E-state index in [9.17, 15) is 8.42 Å². The minimum atomic E-state index is -2.96. The maximum atomic E-state index is 11.9. The molecule has 0 spiro atoms. The molecule has 0 amide bonds. The second-order valence-corrected chi connectivity index (χ2v) is 8.84. The van der Waals surface area contributed by atoms with Gasteiger partial charge in [0.05, 0.1) is 11.5 Å². The van der Waals surface area contributed by atoms with Crippen molar-refractivity contribution in [1.29, 1.82) is 0 Å². The number of rotatable bonds is 0. The quantitative estimate of drug-likeness (QED) is 0.734. The Morgan fingerprint density at radius 1 is 1.29 bits per heavy atom.